The molecule has 2 aromatic carbocycles. The lowest BCUT2D eigenvalue weighted by Gasteiger charge is -2.38. The fourth-order valence-electron chi connectivity index (χ4n) is 9.17. The van der Waals surface area contributed by atoms with Gasteiger partial charge in [0.25, 0.3) is 0 Å². The van der Waals surface area contributed by atoms with E-state index in [1.165, 1.54) is 102 Å². The Morgan fingerprint density at radius 3 is 1.71 bits per heavy atom. The zero-order valence-electron chi connectivity index (χ0n) is 28.6. The summed E-state index contributed by atoms with van der Waals surface area (Å²) in [6, 6.07) is 11.7. The second-order valence-corrected chi connectivity index (χ2v) is 15.2. The number of ether oxygens (including phenoxy) is 1. The average molecular weight is 621 g/mol. The second kappa shape index (κ2) is 17.9. The normalized spacial score (nSPS) is 27.4. The van der Waals surface area contributed by atoms with E-state index < -0.39 is 0 Å². The van der Waals surface area contributed by atoms with E-state index >= 15 is 4.39 Å². The fourth-order valence-corrected chi connectivity index (χ4v) is 9.17. The summed E-state index contributed by atoms with van der Waals surface area (Å²) in [6.07, 6.45) is 26.8. The smallest absolute Gasteiger partial charge is 0.165 e. The van der Waals surface area contributed by atoms with Crippen molar-refractivity contribution in [3.05, 3.63) is 64.7 Å². The minimum Gasteiger partial charge on any atom is -0.491 e. The van der Waals surface area contributed by atoms with Crippen molar-refractivity contribution < 1.29 is 13.5 Å². The van der Waals surface area contributed by atoms with Gasteiger partial charge >= 0.3 is 0 Å². The van der Waals surface area contributed by atoms with Crippen LogP contribution < -0.4 is 4.74 Å². The first kappa shape index (κ1) is 34.4. The molecule has 0 amide bonds. The van der Waals surface area contributed by atoms with Gasteiger partial charge in [0, 0.05) is 0 Å². The van der Waals surface area contributed by atoms with Crippen LogP contribution in [0.2, 0.25) is 0 Å². The Kier molecular flexibility index (Phi) is 13.7. The van der Waals surface area contributed by atoms with E-state index in [1.807, 2.05) is 12.1 Å². The van der Waals surface area contributed by atoms with E-state index in [0.717, 1.165) is 67.4 Å². The number of hydrogen-bond donors (Lipinski definition) is 0. The van der Waals surface area contributed by atoms with Gasteiger partial charge < -0.3 is 4.74 Å². The molecule has 3 saturated carbocycles. The highest BCUT2D eigenvalue weighted by molar-refractivity contribution is 5.33. The summed E-state index contributed by atoms with van der Waals surface area (Å²) in [7, 11) is 0. The maximum Gasteiger partial charge on any atom is 0.165 e. The second-order valence-electron chi connectivity index (χ2n) is 15.2. The summed E-state index contributed by atoms with van der Waals surface area (Å²) in [4.78, 5) is 0. The molecule has 3 heteroatoms. The molecule has 5 rings (SSSR count). The zero-order chi connectivity index (χ0) is 31.4. The van der Waals surface area contributed by atoms with Crippen LogP contribution in [0.4, 0.5) is 8.78 Å². The van der Waals surface area contributed by atoms with Crippen molar-refractivity contribution >= 4 is 0 Å². The average Bonchev–Trinajstić information content (AvgIpc) is 3.07. The van der Waals surface area contributed by atoms with Crippen LogP contribution in [0, 0.1) is 29.4 Å². The van der Waals surface area contributed by atoms with Gasteiger partial charge in [-0.25, -0.2) is 8.78 Å². The van der Waals surface area contributed by atoms with Crippen LogP contribution in [0.25, 0.3) is 0 Å². The SMILES string of the molecule is CCCCCCCCC1CCC(C2CCC(c3ccc(C4CCC(c5ccc(OCCCC)c(F)c5)CC4)c(F)c3)CC2)CC1. The maximum atomic E-state index is 15.5. The molecule has 45 heavy (non-hydrogen) atoms. The van der Waals surface area contributed by atoms with Crippen molar-refractivity contribution in [3.63, 3.8) is 0 Å². The number of unbranched alkanes of at least 4 members (excludes halogenated alkanes) is 6. The van der Waals surface area contributed by atoms with E-state index in [9.17, 15) is 4.39 Å². The lowest BCUT2D eigenvalue weighted by molar-refractivity contribution is 0.155. The lowest BCUT2D eigenvalue weighted by atomic mass is 9.68. The van der Waals surface area contributed by atoms with Crippen LogP contribution in [0.5, 0.6) is 5.75 Å². The van der Waals surface area contributed by atoms with Crippen molar-refractivity contribution in [1.82, 2.24) is 0 Å². The standard InChI is InChI=1S/C42H62F2O/c1-3-5-7-8-9-10-11-31-12-14-32(15-13-31)33-16-18-34(19-17-33)37-24-26-39(40(43)29-37)36-22-20-35(21-23-36)38-25-27-42(41(44)30-38)45-28-6-4-2/h24-27,29-36H,3-23,28H2,1-2H3. The number of halogens is 2. The molecule has 3 aliphatic rings. The molecule has 0 spiro atoms. The third-order valence-electron chi connectivity index (χ3n) is 12.1. The first-order valence-electron chi connectivity index (χ1n) is 19.3. The molecule has 0 unspecified atom stereocenters. The minimum absolute atomic E-state index is 0.00128. The number of benzene rings is 2. The Labute approximate surface area is 274 Å². The highest BCUT2D eigenvalue weighted by Gasteiger charge is 2.32. The van der Waals surface area contributed by atoms with Crippen LogP contribution in [-0.2, 0) is 0 Å². The Morgan fingerprint density at radius 1 is 0.556 bits per heavy atom. The van der Waals surface area contributed by atoms with Crippen LogP contribution in [0.3, 0.4) is 0 Å². The van der Waals surface area contributed by atoms with E-state index in [4.69, 9.17) is 4.74 Å². The molecule has 3 fully saturated rings. The molecule has 0 heterocycles. The first-order chi connectivity index (χ1) is 22.1. The van der Waals surface area contributed by atoms with Gasteiger partial charge in [0.2, 0.25) is 0 Å². The summed E-state index contributed by atoms with van der Waals surface area (Å²) in [5.41, 5.74) is 3.18. The molecule has 0 radical (unpaired) electrons. The minimum atomic E-state index is -0.257. The van der Waals surface area contributed by atoms with Gasteiger partial charge in [0.05, 0.1) is 6.61 Å². The highest BCUT2D eigenvalue weighted by atomic mass is 19.1. The summed E-state index contributed by atoms with van der Waals surface area (Å²) >= 11 is 0. The Bertz CT molecular complexity index is 1140. The molecular formula is C42H62F2O. The number of rotatable bonds is 15. The molecule has 0 bridgehead atoms. The molecule has 3 aliphatic carbocycles. The third-order valence-corrected chi connectivity index (χ3v) is 12.1. The first-order valence-corrected chi connectivity index (χ1v) is 19.3. The van der Waals surface area contributed by atoms with Gasteiger partial charge in [-0.2, -0.15) is 0 Å². The predicted molar refractivity (Wildman–Crippen MR) is 185 cm³/mol. The van der Waals surface area contributed by atoms with Crippen molar-refractivity contribution in [2.45, 2.75) is 166 Å². The Balaban J connectivity index is 1.03. The Morgan fingerprint density at radius 2 is 1.09 bits per heavy atom. The van der Waals surface area contributed by atoms with Gasteiger partial charge in [-0.15, -0.1) is 0 Å². The van der Waals surface area contributed by atoms with Gasteiger partial charge in [-0.1, -0.05) is 96.3 Å². The summed E-state index contributed by atoms with van der Waals surface area (Å²) < 4.78 is 35.8. The van der Waals surface area contributed by atoms with Gasteiger partial charge in [-0.05, 0) is 141 Å². The van der Waals surface area contributed by atoms with Crippen LogP contribution in [-0.4, -0.2) is 6.61 Å². The molecule has 0 aromatic heterocycles. The third kappa shape index (κ3) is 9.80. The zero-order valence-corrected chi connectivity index (χ0v) is 28.6. The molecule has 0 saturated heterocycles. The highest BCUT2D eigenvalue weighted by Crippen LogP contribution is 2.46. The Hall–Kier alpha value is -1.90. The van der Waals surface area contributed by atoms with Crippen molar-refractivity contribution in [2.75, 3.05) is 6.61 Å². The van der Waals surface area contributed by atoms with Crippen LogP contribution >= 0.6 is 0 Å². The van der Waals surface area contributed by atoms with E-state index in [0.29, 0.717) is 24.2 Å². The van der Waals surface area contributed by atoms with Crippen molar-refractivity contribution in [2.24, 2.45) is 17.8 Å². The summed E-state index contributed by atoms with van der Waals surface area (Å²) in [5, 5.41) is 0. The van der Waals surface area contributed by atoms with Gasteiger partial charge in [0.15, 0.2) is 11.6 Å². The molecule has 2 aromatic rings. The van der Waals surface area contributed by atoms with Crippen LogP contribution in [0.1, 0.15) is 183 Å². The number of hydrogen-bond acceptors (Lipinski definition) is 1. The topological polar surface area (TPSA) is 9.23 Å². The van der Waals surface area contributed by atoms with Gasteiger partial charge in [-0.3, -0.25) is 0 Å². The molecule has 0 N–H and O–H groups in total. The summed E-state index contributed by atoms with van der Waals surface area (Å²) in [6.45, 7) is 4.96. The lowest BCUT2D eigenvalue weighted by Crippen LogP contribution is -2.25. The molecule has 0 atom stereocenters. The molecular weight excluding hydrogens is 558 g/mol. The van der Waals surface area contributed by atoms with Crippen LogP contribution in [0.15, 0.2) is 36.4 Å². The van der Waals surface area contributed by atoms with Crippen molar-refractivity contribution in [1.29, 1.82) is 0 Å². The predicted octanol–water partition coefficient (Wildman–Crippen LogP) is 13.4. The molecule has 250 valence electrons. The maximum absolute atomic E-state index is 15.5. The van der Waals surface area contributed by atoms with Gasteiger partial charge in [0.1, 0.15) is 5.82 Å². The fraction of sp³-hybridized carbons (Fsp3) is 0.714. The van der Waals surface area contributed by atoms with E-state index in [-0.39, 0.29) is 17.6 Å². The molecule has 0 aliphatic heterocycles. The van der Waals surface area contributed by atoms with E-state index in [1.54, 1.807) is 12.1 Å². The largest absolute Gasteiger partial charge is 0.491 e. The quantitative estimate of drug-likeness (QED) is 0.180. The van der Waals surface area contributed by atoms with E-state index in [2.05, 4.69) is 26.0 Å². The molecule has 1 nitrogen and oxygen atoms in total. The van der Waals surface area contributed by atoms with Crippen molar-refractivity contribution in [3.8, 4) is 5.75 Å². The summed E-state index contributed by atoms with van der Waals surface area (Å²) in [5.74, 6) is 4.06. The monoisotopic (exact) mass is 620 g/mol.